The fraction of sp³-hybridized carbons (Fsp3) is 0.167. The molecule has 168 valence electrons. The van der Waals surface area contributed by atoms with Crippen molar-refractivity contribution >= 4 is 34.4 Å². The number of fused-ring (bicyclic) bond motifs is 1. The number of hydrogen-bond donors (Lipinski definition) is 2. The molecule has 1 aromatic carbocycles. The summed E-state index contributed by atoms with van der Waals surface area (Å²) >= 11 is 1.54. The normalized spacial score (nSPS) is 11.0. The molecule has 4 aromatic rings. The predicted octanol–water partition coefficient (Wildman–Crippen LogP) is 4.44. The lowest BCUT2D eigenvalue weighted by Gasteiger charge is -2.10. The van der Waals surface area contributed by atoms with Crippen LogP contribution in [0.5, 0.6) is 0 Å². The smallest absolute Gasteiger partial charge is 0.251 e. The first kappa shape index (κ1) is 22.6. The second-order valence-corrected chi connectivity index (χ2v) is 8.37. The van der Waals surface area contributed by atoms with Crippen LogP contribution in [0.1, 0.15) is 32.9 Å². The first-order valence-electron chi connectivity index (χ1n) is 10.1. The van der Waals surface area contributed by atoms with Gasteiger partial charge in [0.25, 0.3) is 5.91 Å². The number of amides is 1. The standard InChI is InChI=1S/C24H21F2N5OS/c1-13-17(10-20(26)23(27)31-13)11-30-24(32)15-3-4-28-19(9-15)6-14-5-16-8-18(25)12-29-22(16)21(7-14)33-2/h3-5,7-10,12H,6,11H2,1-2H3,(H2,27,31)(H,30,32). The number of nitrogens with two attached hydrogens (primary N) is 1. The third kappa shape index (κ3) is 5.09. The molecule has 0 atom stereocenters. The summed E-state index contributed by atoms with van der Waals surface area (Å²) in [6.07, 6.45) is 5.18. The summed E-state index contributed by atoms with van der Waals surface area (Å²) < 4.78 is 27.4. The number of benzene rings is 1. The summed E-state index contributed by atoms with van der Waals surface area (Å²) in [7, 11) is 0. The minimum absolute atomic E-state index is 0.118. The van der Waals surface area contributed by atoms with Crippen LogP contribution in [0.25, 0.3) is 10.9 Å². The van der Waals surface area contributed by atoms with Crippen molar-refractivity contribution in [1.29, 1.82) is 0 Å². The Balaban J connectivity index is 1.52. The fourth-order valence-electron chi connectivity index (χ4n) is 3.53. The molecule has 3 aromatic heterocycles. The average molecular weight is 466 g/mol. The molecule has 9 heteroatoms. The quantitative estimate of drug-likeness (QED) is 0.409. The fourth-order valence-corrected chi connectivity index (χ4v) is 4.16. The van der Waals surface area contributed by atoms with Crippen LogP contribution >= 0.6 is 11.8 Å². The Morgan fingerprint density at radius 1 is 1.15 bits per heavy atom. The molecule has 33 heavy (non-hydrogen) atoms. The second kappa shape index (κ2) is 9.50. The molecule has 0 saturated heterocycles. The number of carbonyl (C=O) groups is 1. The molecule has 0 radical (unpaired) electrons. The van der Waals surface area contributed by atoms with Gasteiger partial charge in [-0.25, -0.2) is 13.8 Å². The van der Waals surface area contributed by atoms with Gasteiger partial charge in [0, 0.05) is 46.4 Å². The zero-order chi connectivity index (χ0) is 23.5. The van der Waals surface area contributed by atoms with Gasteiger partial charge in [-0.1, -0.05) is 0 Å². The summed E-state index contributed by atoms with van der Waals surface area (Å²) in [5.74, 6) is -1.50. The first-order chi connectivity index (χ1) is 15.8. The Kier molecular flexibility index (Phi) is 6.50. The molecule has 0 aliphatic heterocycles. The van der Waals surface area contributed by atoms with Gasteiger partial charge in [-0.05, 0) is 60.7 Å². The van der Waals surface area contributed by atoms with Crippen LogP contribution in [-0.4, -0.2) is 27.1 Å². The van der Waals surface area contributed by atoms with Crippen molar-refractivity contribution in [2.75, 3.05) is 12.0 Å². The van der Waals surface area contributed by atoms with Gasteiger partial charge in [0.2, 0.25) is 0 Å². The van der Waals surface area contributed by atoms with E-state index in [1.165, 1.54) is 30.1 Å². The number of nitrogens with zero attached hydrogens (tertiary/aromatic N) is 3. The lowest BCUT2D eigenvalue weighted by molar-refractivity contribution is 0.0950. The van der Waals surface area contributed by atoms with Crippen LogP contribution in [0.15, 0.2) is 53.7 Å². The van der Waals surface area contributed by atoms with Gasteiger partial charge in [-0.15, -0.1) is 11.8 Å². The number of halogens is 2. The number of nitrogen functional groups attached to an aromatic ring is 1. The minimum Gasteiger partial charge on any atom is -0.381 e. The Morgan fingerprint density at radius 2 is 1.97 bits per heavy atom. The highest BCUT2D eigenvalue weighted by Gasteiger charge is 2.12. The van der Waals surface area contributed by atoms with Gasteiger partial charge >= 0.3 is 0 Å². The molecule has 6 nitrogen and oxygen atoms in total. The van der Waals surface area contributed by atoms with Gasteiger partial charge in [0.15, 0.2) is 11.6 Å². The van der Waals surface area contributed by atoms with Gasteiger partial charge in [-0.2, -0.15) is 0 Å². The number of pyridine rings is 3. The van der Waals surface area contributed by atoms with E-state index >= 15 is 0 Å². The summed E-state index contributed by atoms with van der Waals surface area (Å²) in [5, 5.41) is 3.49. The predicted molar refractivity (Wildman–Crippen MR) is 125 cm³/mol. The van der Waals surface area contributed by atoms with E-state index in [1.54, 1.807) is 25.3 Å². The third-order valence-corrected chi connectivity index (χ3v) is 5.95. The number of nitrogens with one attached hydrogen (secondary N) is 1. The zero-order valence-electron chi connectivity index (χ0n) is 18.0. The monoisotopic (exact) mass is 465 g/mol. The van der Waals surface area contributed by atoms with E-state index in [0.29, 0.717) is 34.3 Å². The Morgan fingerprint density at radius 3 is 2.76 bits per heavy atom. The molecular formula is C24H21F2N5OS. The topological polar surface area (TPSA) is 93.8 Å². The van der Waals surface area contributed by atoms with E-state index in [2.05, 4.69) is 20.3 Å². The number of carbonyl (C=O) groups excluding carboxylic acids is 1. The maximum atomic E-state index is 13.7. The van der Waals surface area contributed by atoms with Gasteiger partial charge in [0.05, 0.1) is 11.7 Å². The average Bonchev–Trinajstić information content (AvgIpc) is 2.79. The number of hydrogen-bond acceptors (Lipinski definition) is 6. The minimum atomic E-state index is -0.619. The van der Waals surface area contributed by atoms with E-state index in [-0.39, 0.29) is 18.3 Å². The number of aryl methyl sites for hydroxylation is 1. The highest BCUT2D eigenvalue weighted by atomic mass is 32.2. The molecule has 0 aliphatic rings. The maximum absolute atomic E-state index is 13.7. The molecule has 0 saturated carbocycles. The molecule has 0 aliphatic carbocycles. The SMILES string of the molecule is CSc1cc(Cc2cc(C(=O)NCc3cc(F)c(N)nc3C)ccn2)cc2cc(F)cnc12. The molecule has 0 bridgehead atoms. The van der Waals surface area contributed by atoms with Crippen molar-refractivity contribution in [3.05, 3.63) is 88.5 Å². The Bertz CT molecular complexity index is 1360. The highest BCUT2D eigenvalue weighted by molar-refractivity contribution is 7.98. The molecule has 3 heterocycles. The molecule has 1 amide bonds. The summed E-state index contributed by atoms with van der Waals surface area (Å²) in [5.41, 5.74) is 9.37. The van der Waals surface area contributed by atoms with Crippen molar-refractivity contribution in [3.63, 3.8) is 0 Å². The summed E-state index contributed by atoms with van der Waals surface area (Å²) in [6, 6.07) is 9.93. The van der Waals surface area contributed by atoms with Crippen molar-refractivity contribution in [1.82, 2.24) is 20.3 Å². The van der Waals surface area contributed by atoms with E-state index < -0.39 is 11.6 Å². The highest BCUT2D eigenvalue weighted by Crippen LogP contribution is 2.28. The van der Waals surface area contributed by atoms with Crippen molar-refractivity contribution in [2.24, 2.45) is 0 Å². The summed E-state index contributed by atoms with van der Waals surface area (Å²) in [6.45, 7) is 1.82. The molecule has 0 unspecified atom stereocenters. The molecule has 3 N–H and O–H groups in total. The molecule has 0 fully saturated rings. The van der Waals surface area contributed by atoms with Gasteiger partial charge in [0.1, 0.15) is 5.82 Å². The van der Waals surface area contributed by atoms with Crippen molar-refractivity contribution in [2.45, 2.75) is 24.8 Å². The van der Waals surface area contributed by atoms with E-state index in [0.717, 1.165) is 16.0 Å². The van der Waals surface area contributed by atoms with Gasteiger partial charge < -0.3 is 11.1 Å². The lowest BCUT2D eigenvalue weighted by Crippen LogP contribution is -2.24. The number of thioether (sulfide) groups is 1. The molecule has 4 rings (SSSR count). The summed E-state index contributed by atoms with van der Waals surface area (Å²) in [4.78, 5) is 26.1. The van der Waals surface area contributed by atoms with E-state index in [1.807, 2.05) is 18.4 Å². The van der Waals surface area contributed by atoms with E-state index in [4.69, 9.17) is 5.73 Å². The zero-order valence-corrected chi connectivity index (χ0v) is 18.8. The largest absolute Gasteiger partial charge is 0.381 e. The number of rotatable bonds is 6. The first-order valence-corrected chi connectivity index (χ1v) is 11.3. The van der Waals surface area contributed by atoms with Crippen LogP contribution in [0, 0.1) is 18.6 Å². The van der Waals surface area contributed by atoms with Crippen LogP contribution in [0.2, 0.25) is 0 Å². The molecular weight excluding hydrogens is 444 g/mol. The van der Waals surface area contributed by atoms with Gasteiger partial charge in [-0.3, -0.25) is 14.8 Å². The third-order valence-electron chi connectivity index (χ3n) is 5.20. The van der Waals surface area contributed by atoms with Crippen molar-refractivity contribution < 1.29 is 13.6 Å². The van der Waals surface area contributed by atoms with Crippen LogP contribution in [0.4, 0.5) is 14.6 Å². The maximum Gasteiger partial charge on any atom is 0.251 e. The number of anilines is 1. The van der Waals surface area contributed by atoms with Crippen LogP contribution in [0.3, 0.4) is 0 Å². The van der Waals surface area contributed by atoms with E-state index in [9.17, 15) is 13.6 Å². The molecule has 0 spiro atoms. The van der Waals surface area contributed by atoms with Crippen LogP contribution in [-0.2, 0) is 13.0 Å². The number of aromatic nitrogens is 3. The lowest BCUT2D eigenvalue weighted by atomic mass is 10.0. The van der Waals surface area contributed by atoms with Crippen LogP contribution < -0.4 is 11.1 Å². The Hall–Kier alpha value is -3.59. The Labute approximate surface area is 193 Å². The second-order valence-electron chi connectivity index (χ2n) is 7.52. The van der Waals surface area contributed by atoms with Crippen molar-refractivity contribution in [3.8, 4) is 0 Å².